The molecular weight excluding hydrogens is 329 g/mol. The van der Waals surface area contributed by atoms with Gasteiger partial charge in [0.2, 0.25) is 0 Å². The van der Waals surface area contributed by atoms with Crippen LogP contribution in [0, 0.1) is 5.82 Å². The lowest BCUT2D eigenvalue weighted by atomic mass is 9.95. The highest BCUT2D eigenvalue weighted by Gasteiger charge is 2.41. The van der Waals surface area contributed by atoms with Gasteiger partial charge in [0.1, 0.15) is 5.82 Å². The van der Waals surface area contributed by atoms with Crippen molar-refractivity contribution in [3.8, 4) is 0 Å². The average molecular weight is 359 g/mol. The molecule has 2 bridgehead atoms. The average Bonchev–Trinajstić information content (AvgIpc) is 2.86. The molecule has 2 amide bonds. The predicted octanol–water partition coefficient (Wildman–Crippen LogP) is 3.95. The van der Waals surface area contributed by atoms with Crippen LogP contribution in [0.15, 0.2) is 24.3 Å². The van der Waals surface area contributed by atoms with Crippen LogP contribution in [0.1, 0.15) is 63.4 Å². The Morgan fingerprint density at radius 1 is 0.923 bits per heavy atom. The highest BCUT2D eigenvalue weighted by molar-refractivity contribution is 5.74. The number of urea groups is 1. The van der Waals surface area contributed by atoms with Crippen LogP contribution in [0.3, 0.4) is 0 Å². The molecule has 4 rings (SSSR count). The number of carbonyl (C=O) groups is 1. The minimum Gasteiger partial charge on any atom is -0.335 e. The standard InChI is InChI=1S/C21H30FN3O/c22-16-8-6-15(7-9-16)14-25-19-10-11-20(25)13-18(12-19)24-21(26)23-17-4-2-1-3-5-17/h6-9,17-20H,1-5,10-14H2,(H2,23,24,26). The molecule has 2 atom stereocenters. The van der Waals surface area contributed by atoms with E-state index >= 15 is 0 Å². The number of carbonyl (C=O) groups excluding carboxylic acids is 1. The van der Waals surface area contributed by atoms with E-state index in [0.717, 1.165) is 32.2 Å². The number of hydrogen-bond acceptors (Lipinski definition) is 2. The first-order valence-corrected chi connectivity index (χ1v) is 10.2. The number of piperidine rings is 1. The van der Waals surface area contributed by atoms with E-state index in [2.05, 4.69) is 15.5 Å². The maximum absolute atomic E-state index is 13.1. The van der Waals surface area contributed by atoms with Gasteiger partial charge in [0.25, 0.3) is 0 Å². The lowest BCUT2D eigenvalue weighted by Crippen LogP contribution is -2.53. The van der Waals surface area contributed by atoms with Crippen LogP contribution in [0.2, 0.25) is 0 Å². The van der Waals surface area contributed by atoms with Crippen molar-refractivity contribution in [3.63, 3.8) is 0 Å². The minimum absolute atomic E-state index is 0.0216. The van der Waals surface area contributed by atoms with Crippen molar-refractivity contribution in [2.24, 2.45) is 0 Å². The molecule has 1 aliphatic carbocycles. The third kappa shape index (κ3) is 4.20. The van der Waals surface area contributed by atoms with Crippen LogP contribution in [-0.4, -0.2) is 35.1 Å². The molecule has 1 saturated carbocycles. The molecule has 3 fully saturated rings. The lowest BCUT2D eigenvalue weighted by Gasteiger charge is -2.39. The molecule has 2 N–H and O–H groups in total. The molecule has 2 heterocycles. The Morgan fingerprint density at radius 3 is 2.19 bits per heavy atom. The number of benzene rings is 1. The molecule has 5 heteroatoms. The van der Waals surface area contributed by atoms with Gasteiger partial charge in [-0.25, -0.2) is 9.18 Å². The maximum Gasteiger partial charge on any atom is 0.315 e. The molecule has 142 valence electrons. The molecule has 1 aromatic carbocycles. The fourth-order valence-electron chi connectivity index (χ4n) is 5.11. The van der Waals surface area contributed by atoms with Gasteiger partial charge in [-0.15, -0.1) is 0 Å². The van der Waals surface area contributed by atoms with Crippen LogP contribution >= 0.6 is 0 Å². The van der Waals surface area contributed by atoms with Crippen LogP contribution in [0.25, 0.3) is 0 Å². The Kier molecular flexibility index (Phi) is 5.44. The van der Waals surface area contributed by atoms with Gasteiger partial charge < -0.3 is 10.6 Å². The van der Waals surface area contributed by atoms with Crippen molar-refractivity contribution in [3.05, 3.63) is 35.6 Å². The Balaban J connectivity index is 1.28. The smallest absolute Gasteiger partial charge is 0.315 e. The Bertz CT molecular complexity index is 600. The van der Waals surface area contributed by atoms with Crippen molar-refractivity contribution in [1.82, 2.24) is 15.5 Å². The molecule has 3 aliphatic rings. The lowest BCUT2D eigenvalue weighted by molar-refractivity contribution is 0.111. The number of rotatable bonds is 4. The highest BCUT2D eigenvalue weighted by atomic mass is 19.1. The summed E-state index contributed by atoms with van der Waals surface area (Å²) in [6.07, 6.45) is 10.5. The van der Waals surface area contributed by atoms with E-state index < -0.39 is 0 Å². The Morgan fingerprint density at radius 2 is 1.54 bits per heavy atom. The van der Waals surface area contributed by atoms with E-state index in [9.17, 15) is 9.18 Å². The second-order valence-electron chi connectivity index (χ2n) is 8.30. The zero-order valence-electron chi connectivity index (χ0n) is 15.4. The molecule has 2 unspecified atom stereocenters. The van der Waals surface area contributed by atoms with E-state index in [0.29, 0.717) is 18.1 Å². The normalized spacial score (nSPS) is 29.5. The van der Waals surface area contributed by atoms with E-state index in [1.54, 1.807) is 12.1 Å². The van der Waals surface area contributed by atoms with E-state index in [1.807, 2.05) is 12.1 Å². The molecule has 26 heavy (non-hydrogen) atoms. The number of hydrogen-bond donors (Lipinski definition) is 2. The van der Waals surface area contributed by atoms with Crippen LogP contribution in [0.4, 0.5) is 9.18 Å². The summed E-state index contributed by atoms with van der Waals surface area (Å²) >= 11 is 0. The van der Waals surface area contributed by atoms with Crippen LogP contribution < -0.4 is 10.6 Å². The summed E-state index contributed by atoms with van der Waals surface area (Å²) in [7, 11) is 0. The number of halogens is 1. The first kappa shape index (κ1) is 17.8. The van der Waals surface area contributed by atoms with Crippen molar-refractivity contribution in [1.29, 1.82) is 0 Å². The summed E-state index contributed by atoms with van der Waals surface area (Å²) in [6.45, 7) is 0.886. The molecule has 0 spiro atoms. The number of fused-ring (bicyclic) bond motifs is 2. The topological polar surface area (TPSA) is 44.4 Å². The molecule has 2 saturated heterocycles. The monoisotopic (exact) mass is 359 g/mol. The second-order valence-corrected chi connectivity index (χ2v) is 8.30. The summed E-state index contributed by atoms with van der Waals surface area (Å²) in [4.78, 5) is 14.9. The maximum atomic E-state index is 13.1. The number of amides is 2. The van der Waals surface area contributed by atoms with Gasteiger partial charge in [0.15, 0.2) is 0 Å². The SMILES string of the molecule is O=C(NC1CCCCC1)NC1CC2CCC(C1)N2Cc1ccc(F)cc1. The zero-order chi connectivity index (χ0) is 17.9. The number of nitrogens with one attached hydrogen (secondary N) is 2. The first-order chi connectivity index (χ1) is 12.7. The van der Waals surface area contributed by atoms with Crippen molar-refractivity contribution in [2.75, 3.05) is 0 Å². The van der Waals surface area contributed by atoms with Gasteiger partial charge in [-0.3, -0.25) is 4.90 Å². The first-order valence-electron chi connectivity index (χ1n) is 10.2. The summed E-state index contributed by atoms with van der Waals surface area (Å²) < 4.78 is 13.1. The minimum atomic E-state index is -0.177. The van der Waals surface area contributed by atoms with Crippen molar-refractivity contribution in [2.45, 2.75) is 88.5 Å². The van der Waals surface area contributed by atoms with Gasteiger partial charge in [0, 0.05) is 30.7 Å². The predicted molar refractivity (Wildman–Crippen MR) is 100 cm³/mol. The largest absolute Gasteiger partial charge is 0.335 e. The van der Waals surface area contributed by atoms with E-state index in [1.165, 1.54) is 37.7 Å². The fourth-order valence-corrected chi connectivity index (χ4v) is 5.11. The summed E-state index contributed by atoms with van der Waals surface area (Å²) in [6, 6.07) is 8.57. The molecule has 0 aromatic heterocycles. The Hall–Kier alpha value is -1.62. The summed E-state index contributed by atoms with van der Waals surface area (Å²) in [5.74, 6) is -0.177. The van der Waals surface area contributed by atoms with Gasteiger partial charge in [-0.2, -0.15) is 0 Å². The van der Waals surface area contributed by atoms with Gasteiger partial charge in [-0.1, -0.05) is 31.4 Å². The van der Waals surface area contributed by atoms with Crippen molar-refractivity contribution < 1.29 is 9.18 Å². The van der Waals surface area contributed by atoms with Crippen LogP contribution in [-0.2, 0) is 6.54 Å². The van der Waals surface area contributed by atoms with Gasteiger partial charge >= 0.3 is 6.03 Å². The van der Waals surface area contributed by atoms with Crippen molar-refractivity contribution >= 4 is 6.03 Å². The molecular formula is C21H30FN3O. The molecule has 2 aliphatic heterocycles. The third-order valence-corrected chi connectivity index (χ3v) is 6.44. The quantitative estimate of drug-likeness (QED) is 0.855. The summed E-state index contributed by atoms with van der Waals surface area (Å²) in [5, 5.41) is 6.41. The summed E-state index contributed by atoms with van der Waals surface area (Å²) in [5.41, 5.74) is 1.17. The van der Waals surface area contributed by atoms with Gasteiger partial charge in [0.05, 0.1) is 0 Å². The number of nitrogens with zero attached hydrogens (tertiary/aromatic N) is 1. The van der Waals surface area contributed by atoms with E-state index in [4.69, 9.17) is 0 Å². The van der Waals surface area contributed by atoms with Gasteiger partial charge in [-0.05, 0) is 56.2 Å². The Labute approximate surface area is 155 Å². The van der Waals surface area contributed by atoms with E-state index in [-0.39, 0.29) is 17.9 Å². The third-order valence-electron chi connectivity index (χ3n) is 6.44. The highest BCUT2D eigenvalue weighted by Crippen LogP contribution is 2.36. The fraction of sp³-hybridized carbons (Fsp3) is 0.667. The van der Waals surface area contributed by atoms with Crippen LogP contribution in [0.5, 0.6) is 0 Å². The molecule has 0 radical (unpaired) electrons. The zero-order valence-corrected chi connectivity index (χ0v) is 15.4. The molecule has 4 nitrogen and oxygen atoms in total. The molecule has 1 aromatic rings. The second kappa shape index (κ2) is 7.95.